The van der Waals surface area contributed by atoms with Gasteiger partial charge in [0.05, 0.1) is 29.3 Å². The van der Waals surface area contributed by atoms with E-state index in [4.69, 9.17) is 0 Å². The third-order valence-electron chi connectivity index (χ3n) is 4.84. The van der Waals surface area contributed by atoms with Crippen LogP contribution in [-0.2, 0) is 23.6 Å². The zero-order valence-corrected chi connectivity index (χ0v) is 17.8. The highest BCUT2D eigenvalue weighted by Gasteiger charge is 2.38. The van der Waals surface area contributed by atoms with Crippen LogP contribution in [0.2, 0.25) is 0 Å². The molecule has 1 heterocycles. The first-order valence-electron chi connectivity index (χ1n) is 9.97. The van der Waals surface area contributed by atoms with Crippen LogP contribution in [0.3, 0.4) is 0 Å². The smallest absolute Gasteiger partial charge is 0.405 e. The second-order valence-electron chi connectivity index (χ2n) is 7.39. The highest BCUT2D eigenvalue weighted by Crippen LogP contribution is 2.37. The Balaban J connectivity index is 1.99. The van der Waals surface area contributed by atoms with Crippen molar-refractivity contribution in [3.05, 3.63) is 94.8 Å². The number of ether oxygens (including phenoxy) is 1. The molecular weight excluding hydrogens is 507 g/mol. The Morgan fingerprint density at radius 3 is 2.06 bits per heavy atom. The van der Waals surface area contributed by atoms with E-state index in [1.807, 2.05) is 0 Å². The highest BCUT2D eigenvalue weighted by atomic mass is 19.4. The fourth-order valence-electron chi connectivity index (χ4n) is 3.32. The first-order valence-corrected chi connectivity index (χ1v) is 9.97. The lowest BCUT2D eigenvalue weighted by atomic mass is 9.97. The summed E-state index contributed by atoms with van der Waals surface area (Å²) >= 11 is 0. The average molecular weight is 522 g/mol. The number of halogens is 9. The van der Waals surface area contributed by atoms with Crippen molar-refractivity contribution < 1.29 is 49.0 Å². The van der Waals surface area contributed by atoms with Crippen LogP contribution in [0.25, 0.3) is 0 Å². The molecule has 1 atom stereocenters. The largest absolute Gasteiger partial charge is 0.573 e. The third kappa shape index (κ3) is 6.89. The number of pyridine rings is 1. The van der Waals surface area contributed by atoms with Crippen LogP contribution in [0, 0.1) is 0 Å². The lowest BCUT2D eigenvalue weighted by Crippen LogP contribution is -2.33. The predicted molar refractivity (Wildman–Crippen MR) is 107 cm³/mol. The number of amides is 1. The number of hydrogen-bond donors (Lipinski definition) is 1. The van der Waals surface area contributed by atoms with Gasteiger partial charge in [-0.3, -0.25) is 9.78 Å². The number of para-hydroxylation sites is 1. The van der Waals surface area contributed by atoms with E-state index in [9.17, 15) is 44.3 Å². The van der Waals surface area contributed by atoms with E-state index in [1.54, 1.807) is 0 Å². The van der Waals surface area contributed by atoms with Crippen LogP contribution < -0.4 is 10.1 Å². The average Bonchev–Trinajstić information content (AvgIpc) is 2.77. The molecular formula is C23H15F9N2O2. The van der Waals surface area contributed by atoms with Gasteiger partial charge in [0.1, 0.15) is 5.75 Å². The molecule has 2 aromatic carbocycles. The van der Waals surface area contributed by atoms with Crippen molar-refractivity contribution in [2.24, 2.45) is 0 Å². The van der Waals surface area contributed by atoms with Crippen molar-refractivity contribution in [2.45, 2.75) is 31.2 Å². The number of aromatic nitrogens is 1. The van der Waals surface area contributed by atoms with Crippen molar-refractivity contribution in [3.8, 4) is 5.75 Å². The Bertz CT molecular complexity index is 1200. The first-order chi connectivity index (χ1) is 16.6. The molecule has 0 saturated carbocycles. The maximum atomic E-state index is 13.6. The molecule has 1 N–H and O–H groups in total. The summed E-state index contributed by atoms with van der Waals surface area (Å²) in [6.45, 7) is 0. The normalized spacial score (nSPS) is 13.2. The molecule has 1 amide bonds. The highest BCUT2D eigenvalue weighted by molar-refractivity contribution is 5.80. The summed E-state index contributed by atoms with van der Waals surface area (Å²) in [4.78, 5) is 16.4. The molecule has 0 unspecified atom stereocenters. The van der Waals surface area contributed by atoms with Gasteiger partial charge in [0.15, 0.2) is 0 Å². The van der Waals surface area contributed by atoms with Crippen LogP contribution in [0.1, 0.15) is 34.0 Å². The second kappa shape index (κ2) is 10.1. The van der Waals surface area contributed by atoms with Crippen molar-refractivity contribution >= 4 is 5.91 Å². The summed E-state index contributed by atoms with van der Waals surface area (Å²) in [5.74, 6) is -1.73. The number of nitrogens with one attached hydrogen (secondary N) is 1. The Morgan fingerprint density at radius 1 is 0.833 bits per heavy atom. The van der Waals surface area contributed by atoms with E-state index in [-0.39, 0.29) is 11.1 Å². The quantitative estimate of drug-likeness (QED) is 0.378. The molecule has 0 bridgehead atoms. The molecule has 0 aliphatic rings. The molecule has 0 radical (unpaired) electrons. The molecule has 3 aromatic rings. The van der Waals surface area contributed by atoms with Gasteiger partial charge in [0.2, 0.25) is 5.91 Å². The number of alkyl halides is 9. The number of carbonyl (C=O) groups is 1. The molecule has 0 spiro atoms. The molecule has 0 fully saturated rings. The van der Waals surface area contributed by atoms with Gasteiger partial charge in [0.25, 0.3) is 0 Å². The van der Waals surface area contributed by atoms with Gasteiger partial charge in [-0.1, -0.05) is 30.3 Å². The standard InChI is InChI=1S/C23H15F9N2O2/c24-21(25,26)15-9-7-13(8-10-15)19(20-16(22(27,28)29)5-3-11-33-20)34-18(35)12-14-4-1-2-6-17(14)36-23(30,31)32/h1-11,19H,12H2,(H,34,35)/t19-/m0/s1. The van der Waals surface area contributed by atoms with E-state index in [0.29, 0.717) is 18.2 Å². The van der Waals surface area contributed by atoms with Gasteiger partial charge in [-0.2, -0.15) is 26.3 Å². The van der Waals surface area contributed by atoms with E-state index >= 15 is 0 Å². The topological polar surface area (TPSA) is 51.2 Å². The Kier molecular flexibility index (Phi) is 7.51. The van der Waals surface area contributed by atoms with Gasteiger partial charge in [-0.05, 0) is 35.9 Å². The SMILES string of the molecule is O=C(Cc1ccccc1OC(F)(F)F)N[C@@H](c1ccc(C(F)(F)F)cc1)c1ncccc1C(F)(F)F. The Hall–Kier alpha value is -3.77. The minimum Gasteiger partial charge on any atom is -0.405 e. The molecule has 1 aromatic heterocycles. The number of carbonyl (C=O) groups excluding carboxylic acids is 1. The molecule has 13 heteroatoms. The van der Waals surface area contributed by atoms with Crippen LogP contribution >= 0.6 is 0 Å². The van der Waals surface area contributed by atoms with E-state index in [0.717, 1.165) is 36.5 Å². The maximum Gasteiger partial charge on any atom is 0.573 e. The van der Waals surface area contributed by atoms with Gasteiger partial charge in [-0.15, -0.1) is 13.2 Å². The molecule has 0 aliphatic carbocycles. The maximum absolute atomic E-state index is 13.6. The van der Waals surface area contributed by atoms with Crippen LogP contribution in [0.4, 0.5) is 39.5 Å². The fourth-order valence-corrected chi connectivity index (χ4v) is 3.32. The summed E-state index contributed by atoms with van der Waals surface area (Å²) in [5, 5.41) is 2.24. The summed E-state index contributed by atoms with van der Waals surface area (Å²) in [6.07, 6.45) is -14.4. The third-order valence-corrected chi connectivity index (χ3v) is 4.84. The predicted octanol–water partition coefficient (Wildman–Crippen LogP) is 6.47. The van der Waals surface area contributed by atoms with Gasteiger partial charge >= 0.3 is 18.7 Å². The van der Waals surface area contributed by atoms with Crippen molar-refractivity contribution in [1.82, 2.24) is 10.3 Å². The summed E-state index contributed by atoms with van der Waals surface area (Å²) in [6, 6.07) is 7.63. The zero-order valence-electron chi connectivity index (χ0n) is 17.8. The van der Waals surface area contributed by atoms with E-state index in [1.165, 1.54) is 12.1 Å². The van der Waals surface area contributed by atoms with E-state index in [2.05, 4.69) is 15.0 Å². The Labute approximate surface area is 197 Å². The minimum atomic E-state index is -5.06. The molecule has 4 nitrogen and oxygen atoms in total. The number of nitrogens with zero attached hydrogens (tertiary/aromatic N) is 1. The van der Waals surface area contributed by atoms with Gasteiger partial charge in [-0.25, -0.2) is 0 Å². The van der Waals surface area contributed by atoms with Crippen molar-refractivity contribution in [1.29, 1.82) is 0 Å². The summed E-state index contributed by atoms with van der Waals surface area (Å²) < 4.78 is 122. The lowest BCUT2D eigenvalue weighted by molar-refractivity contribution is -0.274. The number of benzene rings is 2. The van der Waals surface area contributed by atoms with Crippen molar-refractivity contribution in [3.63, 3.8) is 0 Å². The molecule has 36 heavy (non-hydrogen) atoms. The summed E-state index contributed by atoms with van der Waals surface area (Å²) in [7, 11) is 0. The molecule has 3 rings (SSSR count). The van der Waals surface area contributed by atoms with Crippen molar-refractivity contribution in [2.75, 3.05) is 0 Å². The fraction of sp³-hybridized carbons (Fsp3) is 0.217. The minimum absolute atomic E-state index is 0.166. The number of hydrogen-bond acceptors (Lipinski definition) is 3. The van der Waals surface area contributed by atoms with Gasteiger partial charge < -0.3 is 10.1 Å². The number of rotatable bonds is 6. The second-order valence-corrected chi connectivity index (χ2v) is 7.39. The van der Waals surface area contributed by atoms with E-state index < -0.39 is 59.7 Å². The molecule has 0 aliphatic heterocycles. The molecule has 0 saturated heterocycles. The van der Waals surface area contributed by atoms with Crippen LogP contribution in [0.15, 0.2) is 66.9 Å². The lowest BCUT2D eigenvalue weighted by Gasteiger charge is -2.23. The van der Waals surface area contributed by atoms with Crippen LogP contribution in [-0.4, -0.2) is 17.3 Å². The summed E-state index contributed by atoms with van der Waals surface area (Å²) in [5.41, 5.74) is -3.43. The first kappa shape index (κ1) is 26.8. The monoisotopic (exact) mass is 522 g/mol. The van der Waals surface area contributed by atoms with Gasteiger partial charge in [0, 0.05) is 11.8 Å². The van der Waals surface area contributed by atoms with Crippen LogP contribution in [0.5, 0.6) is 5.75 Å². The Morgan fingerprint density at radius 2 is 1.47 bits per heavy atom. The molecule has 192 valence electrons. The zero-order chi connectivity index (χ0) is 26.7.